The molecule has 0 spiro atoms. The lowest BCUT2D eigenvalue weighted by atomic mass is 10.0. The molecule has 0 bridgehead atoms. The third-order valence-electron chi connectivity index (χ3n) is 2.32. The first-order valence-corrected chi connectivity index (χ1v) is 5.11. The largest absolute Gasteiger partial charge is 0.300 e. The summed E-state index contributed by atoms with van der Waals surface area (Å²) in [6.07, 6.45) is 5.63. The summed E-state index contributed by atoms with van der Waals surface area (Å²) >= 11 is 1.69. The molecule has 1 heterocycles. The summed E-state index contributed by atoms with van der Waals surface area (Å²) in [6.45, 7) is 0. The summed E-state index contributed by atoms with van der Waals surface area (Å²) in [5.41, 5.74) is 1.85. The number of carbonyl (C=O) groups is 1. The summed E-state index contributed by atoms with van der Waals surface area (Å²) in [4.78, 5) is 16.3. The normalized spacial score (nSPS) is 23.3. The Kier molecular flexibility index (Phi) is 2.21. The van der Waals surface area contributed by atoms with Crippen molar-refractivity contribution in [1.29, 1.82) is 0 Å². The van der Waals surface area contributed by atoms with Crippen LogP contribution in [0.3, 0.4) is 0 Å². The molecule has 2 nitrogen and oxygen atoms in total. The van der Waals surface area contributed by atoms with Crippen molar-refractivity contribution in [3.63, 3.8) is 0 Å². The van der Waals surface area contributed by atoms with E-state index in [9.17, 15) is 4.79 Å². The summed E-state index contributed by atoms with van der Waals surface area (Å²) in [5.74, 6) is 1.03. The lowest BCUT2D eigenvalue weighted by Gasteiger charge is -2.03. The standard InChI is InChI=1S/C9H11NOS/c11-8-2-1-7(3-8)4-9-5-10-6-12-9/h5-7H,1-4H2. The SMILES string of the molecule is O=C1CCC(Cc2cncs2)C1. The summed E-state index contributed by atoms with van der Waals surface area (Å²) in [5, 5.41) is 0. The van der Waals surface area contributed by atoms with Crippen molar-refractivity contribution in [2.45, 2.75) is 25.7 Å². The summed E-state index contributed by atoms with van der Waals surface area (Å²) in [7, 11) is 0. The fourth-order valence-corrected chi connectivity index (χ4v) is 2.40. The van der Waals surface area contributed by atoms with E-state index >= 15 is 0 Å². The first-order valence-electron chi connectivity index (χ1n) is 4.23. The second-order valence-electron chi connectivity index (χ2n) is 3.32. The highest BCUT2D eigenvalue weighted by atomic mass is 32.1. The van der Waals surface area contributed by atoms with Gasteiger partial charge in [-0.1, -0.05) is 0 Å². The van der Waals surface area contributed by atoms with Gasteiger partial charge in [-0.25, -0.2) is 0 Å². The van der Waals surface area contributed by atoms with Crippen molar-refractivity contribution in [2.24, 2.45) is 5.92 Å². The van der Waals surface area contributed by atoms with E-state index in [1.165, 1.54) is 4.88 Å². The van der Waals surface area contributed by atoms with Gasteiger partial charge < -0.3 is 0 Å². The van der Waals surface area contributed by atoms with Crippen LogP contribution in [0.25, 0.3) is 0 Å². The molecule has 1 aliphatic rings. The number of carbonyl (C=O) groups excluding carboxylic acids is 1. The van der Waals surface area contributed by atoms with Crippen molar-refractivity contribution >= 4 is 17.1 Å². The molecule has 0 N–H and O–H groups in total. The molecule has 0 saturated heterocycles. The lowest BCUT2D eigenvalue weighted by Crippen LogP contribution is -1.98. The predicted octanol–water partition coefficient (Wildman–Crippen LogP) is 2.05. The third-order valence-corrected chi connectivity index (χ3v) is 3.12. The van der Waals surface area contributed by atoms with Crippen LogP contribution < -0.4 is 0 Å². The maximum Gasteiger partial charge on any atom is 0.133 e. The number of ketones is 1. The minimum absolute atomic E-state index is 0.435. The van der Waals surface area contributed by atoms with Crippen LogP contribution in [0, 0.1) is 5.92 Å². The first-order chi connectivity index (χ1) is 5.84. The van der Waals surface area contributed by atoms with Gasteiger partial charge in [0.05, 0.1) is 5.51 Å². The summed E-state index contributed by atoms with van der Waals surface area (Å²) in [6, 6.07) is 0. The zero-order chi connectivity index (χ0) is 8.39. The molecule has 1 saturated carbocycles. The van der Waals surface area contributed by atoms with Crippen molar-refractivity contribution < 1.29 is 4.79 Å². The van der Waals surface area contributed by atoms with E-state index in [1.807, 2.05) is 11.7 Å². The first kappa shape index (κ1) is 7.92. The zero-order valence-corrected chi connectivity index (χ0v) is 7.64. The zero-order valence-electron chi connectivity index (χ0n) is 6.82. The smallest absolute Gasteiger partial charge is 0.133 e. The number of hydrogen-bond donors (Lipinski definition) is 0. The third kappa shape index (κ3) is 1.72. The van der Waals surface area contributed by atoms with Crippen LogP contribution in [-0.4, -0.2) is 10.8 Å². The van der Waals surface area contributed by atoms with Crippen LogP contribution in [0.1, 0.15) is 24.1 Å². The fourth-order valence-electron chi connectivity index (χ4n) is 1.69. The maximum atomic E-state index is 11.0. The fraction of sp³-hybridized carbons (Fsp3) is 0.556. The second-order valence-corrected chi connectivity index (χ2v) is 4.29. The summed E-state index contributed by atoms with van der Waals surface area (Å²) < 4.78 is 0. The van der Waals surface area contributed by atoms with E-state index in [2.05, 4.69) is 4.98 Å². The van der Waals surface area contributed by atoms with Crippen LogP contribution in [-0.2, 0) is 11.2 Å². The highest BCUT2D eigenvalue weighted by Crippen LogP contribution is 2.26. The molecule has 3 heteroatoms. The van der Waals surface area contributed by atoms with Gasteiger partial charge in [0, 0.05) is 23.9 Å². The van der Waals surface area contributed by atoms with Gasteiger partial charge in [0.15, 0.2) is 0 Å². The molecule has 12 heavy (non-hydrogen) atoms. The Bertz CT molecular complexity index is 268. The number of rotatable bonds is 2. The van der Waals surface area contributed by atoms with Crippen LogP contribution in [0.2, 0.25) is 0 Å². The molecule has 0 aliphatic heterocycles. The van der Waals surface area contributed by atoms with Gasteiger partial charge in [-0.15, -0.1) is 11.3 Å². The van der Waals surface area contributed by atoms with Crippen molar-refractivity contribution in [3.8, 4) is 0 Å². The second kappa shape index (κ2) is 3.35. The quantitative estimate of drug-likeness (QED) is 0.699. The van der Waals surface area contributed by atoms with Crippen LogP contribution in [0.15, 0.2) is 11.7 Å². The molecular weight excluding hydrogens is 170 g/mol. The van der Waals surface area contributed by atoms with E-state index in [4.69, 9.17) is 0 Å². The number of nitrogens with zero attached hydrogens (tertiary/aromatic N) is 1. The minimum atomic E-state index is 0.435. The van der Waals surface area contributed by atoms with Gasteiger partial charge in [-0.3, -0.25) is 9.78 Å². The average molecular weight is 181 g/mol. The topological polar surface area (TPSA) is 30.0 Å². The van der Waals surface area contributed by atoms with Gasteiger partial charge in [0.1, 0.15) is 5.78 Å². The highest BCUT2D eigenvalue weighted by Gasteiger charge is 2.22. The maximum absolute atomic E-state index is 11.0. The lowest BCUT2D eigenvalue weighted by molar-refractivity contribution is -0.117. The predicted molar refractivity (Wildman–Crippen MR) is 48.2 cm³/mol. The number of hydrogen-bond acceptors (Lipinski definition) is 3. The Labute approximate surface area is 75.6 Å². The monoisotopic (exact) mass is 181 g/mol. The molecule has 2 rings (SSSR count). The van der Waals surface area contributed by atoms with E-state index in [0.29, 0.717) is 11.7 Å². The van der Waals surface area contributed by atoms with Crippen LogP contribution in [0.5, 0.6) is 0 Å². The van der Waals surface area contributed by atoms with E-state index in [-0.39, 0.29) is 0 Å². The number of aromatic nitrogens is 1. The van der Waals surface area contributed by atoms with Gasteiger partial charge in [0.2, 0.25) is 0 Å². The van der Waals surface area contributed by atoms with Gasteiger partial charge in [0.25, 0.3) is 0 Å². The van der Waals surface area contributed by atoms with Gasteiger partial charge in [-0.2, -0.15) is 0 Å². The number of thiazole rings is 1. The average Bonchev–Trinajstić information content (AvgIpc) is 2.63. The molecule has 1 aromatic heterocycles. The Morgan fingerprint density at radius 1 is 1.67 bits per heavy atom. The van der Waals surface area contributed by atoms with Gasteiger partial charge >= 0.3 is 0 Å². The van der Waals surface area contributed by atoms with E-state index in [1.54, 1.807) is 11.3 Å². The Balaban J connectivity index is 1.92. The molecule has 1 aromatic rings. The van der Waals surface area contributed by atoms with E-state index in [0.717, 1.165) is 25.7 Å². The molecule has 0 amide bonds. The molecule has 1 atom stereocenters. The molecule has 1 unspecified atom stereocenters. The van der Waals surface area contributed by atoms with Gasteiger partial charge in [-0.05, 0) is 18.8 Å². The molecule has 0 radical (unpaired) electrons. The molecule has 0 aromatic carbocycles. The van der Waals surface area contributed by atoms with Crippen molar-refractivity contribution in [2.75, 3.05) is 0 Å². The highest BCUT2D eigenvalue weighted by molar-refractivity contribution is 7.09. The van der Waals surface area contributed by atoms with E-state index < -0.39 is 0 Å². The van der Waals surface area contributed by atoms with Crippen LogP contribution >= 0.6 is 11.3 Å². The Morgan fingerprint density at radius 3 is 3.17 bits per heavy atom. The molecular formula is C9H11NOS. The van der Waals surface area contributed by atoms with Crippen molar-refractivity contribution in [3.05, 3.63) is 16.6 Å². The molecule has 64 valence electrons. The van der Waals surface area contributed by atoms with Crippen molar-refractivity contribution in [1.82, 2.24) is 4.98 Å². The Morgan fingerprint density at radius 2 is 2.58 bits per heavy atom. The molecule has 1 fully saturated rings. The minimum Gasteiger partial charge on any atom is -0.300 e. The molecule has 1 aliphatic carbocycles. The van der Waals surface area contributed by atoms with Crippen LogP contribution in [0.4, 0.5) is 0 Å². The number of Topliss-reactive ketones (excluding diaryl/α,β-unsaturated/α-hetero) is 1. The Hall–Kier alpha value is -0.700.